The Balaban J connectivity index is 1.96. The fourth-order valence-corrected chi connectivity index (χ4v) is 3.77. The Bertz CT molecular complexity index is 515. The first-order valence-electron chi connectivity index (χ1n) is 7.49. The number of nitrogens with zero attached hydrogens (tertiary/aromatic N) is 2. The van der Waals surface area contributed by atoms with Gasteiger partial charge in [-0.25, -0.2) is 4.98 Å². The highest BCUT2D eigenvalue weighted by Gasteiger charge is 2.35. The maximum atomic E-state index is 11.7. The third-order valence-electron chi connectivity index (χ3n) is 4.67. The number of carbonyl (C=O) groups excluding carboxylic acids is 1. The lowest BCUT2D eigenvalue weighted by Gasteiger charge is -2.45. The van der Waals surface area contributed by atoms with Gasteiger partial charge in [-0.15, -0.1) is 0 Å². The summed E-state index contributed by atoms with van der Waals surface area (Å²) < 4.78 is 0. The maximum Gasteiger partial charge on any atom is 0.252 e. The second kappa shape index (κ2) is 5.31. The molecule has 0 bridgehead atoms. The van der Waals surface area contributed by atoms with Crippen LogP contribution in [0.25, 0.3) is 0 Å². The minimum atomic E-state index is -0.447. The summed E-state index contributed by atoms with van der Waals surface area (Å²) in [5.74, 6) is 1.01. The molecule has 1 saturated heterocycles. The molecule has 2 atom stereocenters. The van der Waals surface area contributed by atoms with E-state index in [1.807, 2.05) is 0 Å². The van der Waals surface area contributed by atoms with Crippen LogP contribution in [0.2, 0.25) is 0 Å². The Kier molecular flexibility index (Phi) is 3.51. The summed E-state index contributed by atoms with van der Waals surface area (Å²) in [6.07, 6.45) is 9.14. The first-order chi connectivity index (χ1) is 9.66. The lowest BCUT2D eigenvalue weighted by atomic mass is 9.78. The number of rotatable bonds is 2. The summed E-state index contributed by atoms with van der Waals surface area (Å²) in [7, 11) is 0. The van der Waals surface area contributed by atoms with Gasteiger partial charge in [0.25, 0.3) is 5.91 Å². The van der Waals surface area contributed by atoms with E-state index in [1.54, 1.807) is 12.3 Å². The second-order valence-electron chi connectivity index (χ2n) is 5.95. The van der Waals surface area contributed by atoms with Crippen LogP contribution in [-0.4, -0.2) is 23.5 Å². The summed E-state index contributed by atoms with van der Waals surface area (Å²) in [6, 6.07) is 2.16. The van der Waals surface area contributed by atoms with Crippen molar-refractivity contribution >= 4 is 17.4 Å². The molecule has 0 spiro atoms. The topological polar surface area (TPSA) is 85.2 Å². The average molecular weight is 274 g/mol. The summed E-state index contributed by atoms with van der Waals surface area (Å²) in [4.78, 5) is 18.4. The molecular formula is C15H22N4O. The van der Waals surface area contributed by atoms with E-state index < -0.39 is 5.91 Å². The standard InChI is InChI=1S/C15H22N4O/c16-11-8-12(14(17)20)15(18-9-11)19-7-3-5-10-4-1-2-6-13(10)19/h8-10,13H,1-7,16H2,(H2,17,20). The molecule has 1 amide bonds. The molecule has 5 heteroatoms. The molecule has 1 aromatic heterocycles. The van der Waals surface area contributed by atoms with Crippen LogP contribution >= 0.6 is 0 Å². The van der Waals surface area contributed by atoms with Gasteiger partial charge in [0.15, 0.2) is 0 Å². The van der Waals surface area contributed by atoms with Crippen molar-refractivity contribution in [3.63, 3.8) is 0 Å². The number of amides is 1. The van der Waals surface area contributed by atoms with Crippen LogP contribution in [0, 0.1) is 5.92 Å². The van der Waals surface area contributed by atoms with Gasteiger partial charge in [-0.1, -0.05) is 12.8 Å². The van der Waals surface area contributed by atoms with Gasteiger partial charge < -0.3 is 16.4 Å². The van der Waals surface area contributed by atoms with E-state index in [4.69, 9.17) is 11.5 Å². The van der Waals surface area contributed by atoms with Crippen LogP contribution in [0.4, 0.5) is 11.5 Å². The number of piperidine rings is 1. The molecular weight excluding hydrogens is 252 g/mol. The number of hydrogen-bond donors (Lipinski definition) is 2. The van der Waals surface area contributed by atoms with E-state index in [0.717, 1.165) is 24.7 Å². The number of pyridine rings is 1. The van der Waals surface area contributed by atoms with Crippen LogP contribution in [0.5, 0.6) is 0 Å². The largest absolute Gasteiger partial charge is 0.397 e. The highest BCUT2D eigenvalue weighted by atomic mass is 16.1. The zero-order valence-corrected chi connectivity index (χ0v) is 11.7. The first-order valence-corrected chi connectivity index (χ1v) is 7.49. The average Bonchev–Trinajstić information content (AvgIpc) is 2.46. The molecule has 1 saturated carbocycles. The fourth-order valence-electron chi connectivity index (χ4n) is 3.77. The van der Waals surface area contributed by atoms with Gasteiger partial charge >= 0.3 is 0 Å². The third-order valence-corrected chi connectivity index (χ3v) is 4.67. The number of fused-ring (bicyclic) bond motifs is 1. The molecule has 20 heavy (non-hydrogen) atoms. The predicted molar refractivity (Wildman–Crippen MR) is 79.5 cm³/mol. The van der Waals surface area contributed by atoms with Crippen LogP contribution in [0.3, 0.4) is 0 Å². The number of nitrogen functional groups attached to an aromatic ring is 1. The number of primary amides is 1. The Morgan fingerprint density at radius 3 is 2.80 bits per heavy atom. The quantitative estimate of drug-likeness (QED) is 0.862. The van der Waals surface area contributed by atoms with Crippen LogP contribution in [0.15, 0.2) is 12.3 Å². The maximum absolute atomic E-state index is 11.7. The molecule has 108 valence electrons. The SMILES string of the molecule is NC(=O)c1cc(N)cnc1N1CCCC2CCCCC21. The molecule has 4 N–H and O–H groups in total. The molecule has 2 unspecified atom stereocenters. The number of hydrogen-bond acceptors (Lipinski definition) is 4. The van der Waals surface area contributed by atoms with Crippen molar-refractivity contribution in [1.29, 1.82) is 0 Å². The van der Waals surface area contributed by atoms with Crippen molar-refractivity contribution in [2.45, 2.75) is 44.6 Å². The first kappa shape index (κ1) is 13.2. The van der Waals surface area contributed by atoms with Crippen LogP contribution < -0.4 is 16.4 Å². The number of aromatic nitrogens is 1. The van der Waals surface area contributed by atoms with Crippen molar-refractivity contribution in [2.75, 3.05) is 17.2 Å². The third kappa shape index (κ3) is 2.32. The van der Waals surface area contributed by atoms with E-state index in [1.165, 1.54) is 32.1 Å². The molecule has 2 aliphatic rings. The van der Waals surface area contributed by atoms with E-state index in [9.17, 15) is 4.79 Å². The van der Waals surface area contributed by atoms with Crippen molar-refractivity contribution < 1.29 is 4.79 Å². The van der Waals surface area contributed by atoms with Crippen molar-refractivity contribution in [3.8, 4) is 0 Å². The lowest BCUT2D eigenvalue weighted by molar-refractivity contribution is 0.1000. The predicted octanol–water partition coefficient (Wildman–Crippen LogP) is 1.92. The van der Waals surface area contributed by atoms with Gasteiger partial charge in [0.05, 0.1) is 17.4 Å². The van der Waals surface area contributed by atoms with E-state index in [-0.39, 0.29) is 0 Å². The molecule has 3 rings (SSSR count). The Labute approximate surface area is 119 Å². The fraction of sp³-hybridized carbons (Fsp3) is 0.600. The van der Waals surface area contributed by atoms with Gasteiger partial charge in [0, 0.05) is 12.6 Å². The molecule has 2 fully saturated rings. The summed E-state index contributed by atoms with van der Waals surface area (Å²) in [5.41, 5.74) is 12.2. The number of nitrogens with two attached hydrogens (primary N) is 2. The Morgan fingerprint density at radius 1 is 1.25 bits per heavy atom. The minimum Gasteiger partial charge on any atom is -0.397 e. The molecule has 2 heterocycles. The molecule has 5 nitrogen and oxygen atoms in total. The summed E-state index contributed by atoms with van der Waals surface area (Å²) >= 11 is 0. The molecule has 1 aromatic rings. The van der Waals surface area contributed by atoms with Gasteiger partial charge in [0.1, 0.15) is 5.82 Å². The molecule has 1 aliphatic carbocycles. The molecule has 1 aliphatic heterocycles. The minimum absolute atomic E-state index is 0.447. The molecule has 0 radical (unpaired) electrons. The lowest BCUT2D eigenvalue weighted by Crippen LogP contribution is -2.48. The Morgan fingerprint density at radius 2 is 2.00 bits per heavy atom. The highest BCUT2D eigenvalue weighted by Crippen LogP contribution is 2.38. The zero-order valence-electron chi connectivity index (χ0n) is 11.7. The van der Waals surface area contributed by atoms with Crippen molar-refractivity contribution in [3.05, 3.63) is 17.8 Å². The van der Waals surface area contributed by atoms with Crippen LogP contribution in [-0.2, 0) is 0 Å². The summed E-state index contributed by atoms with van der Waals surface area (Å²) in [5, 5.41) is 0. The number of anilines is 2. The second-order valence-corrected chi connectivity index (χ2v) is 5.95. The van der Waals surface area contributed by atoms with E-state index in [0.29, 0.717) is 17.3 Å². The van der Waals surface area contributed by atoms with Crippen molar-refractivity contribution in [2.24, 2.45) is 11.7 Å². The monoisotopic (exact) mass is 274 g/mol. The number of carbonyl (C=O) groups is 1. The van der Waals surface area contributed by atoms with Gasteiger partial charge in [-0.2, -0.15) is 0 Å². The van der Waals surface area contributed by atoms with Crippen molar-refractivity contribution in [1.82, 2.24) is 4.98 Å². The zero-order chi connectivity index (χ0) is 14.1. The van der Waals surface area contributed by atoms with E-state index in [2.05, 4.69) is 9.88 Å². The van der Waals surface area contributed by atoms with Crippen LogP contribution in [0.1, 0.15) is 48.9 Å². The molecule has 0 aromatic carbocycles. The summed E-state index contributed by atoms with van der Waals surface area (Å²) in [6.45, 7) is 0.957. The van der Waals surface area contributed by atoms with Gasteiger partial charge in [0.2, 0.25) is 0 Å². The van der Waals surface area contributed by atoms with E-state index >= 15 is 0 Å². The normalized spacial score (nSPS) is 26.1. The van der Waals surface area contributed by atoms with Gasteiger partial charge in [-0.3, -0.25) is 4.79 Å². The highest BCUT2D eigenvalue weighted by molar-refractivity contribution is 5.98. The van der Waals surface area contributed by atoms with Gasteiger partial charge in [-0.05, 0) is 37.7 Å². The smallest absolute Gasteiger partial charge is 0.252 e. The Hall–Kier alpha value is -1.78.